The molecule has 0 bridgehead atoms. The highest BCUT2D eigenvalue weighted by Crippen LogP contribution is 2.28. The molecule has 1 aliphatic heterocycles. The molecule has 0 fully saturated rings. The fourth-order valence-corrected chi connectivity index (χ4v) is 2.31. The van der Waals surface area contributed by atoms with Crippen LogP contribution in [0, 0.1) is 0 Å². The summed E-state index contributed by atoms with van der Waals surface area (Å²) >= 11 is 6.00. The minimum Gasteiger partial charge on any atom is -0.370 e. The molecule has 0 spiro atoms. The average Bonchev–Trinajstić information content (AvgIpc) is 2.60. The quantitative estimate of drug-likeness (QED) is 0.859. The normalized spacial score (nSPS) is 20.4. The van der Waals surface area contributed by atoms with Crippen LogP contribution in [0.3, 0.4) is 0 Å². The van der Waals surface area contributed by atoms with Crippen LogP contribution < -0.4 is 5.73 Å². The van der Waals surface area contributed by atoms with Crippen molar-refractivity contribution in [2.24, 2.45) is 10.7 Å². The van der Waals surface area contributed by atoms with Crippen LogP contribution in [0.4, 0.5) is 0 Å². The second-order valence-corrected chi connectivity index (χ2v) is 4.71. The van der Waals surface area contributed by atoms with Gasteiger partial charge in [0.05, 0.1) is 12.6 Å². The van der Waals surface area contributed by atoms with E-state index in [-0.39, 0.29) is 6.04 Å². The molecular weight excluding hydrogens is 222 g/mol. The molecule has 1 aromatic rings. The van der Waals surface area contributed by atoms with Gasteiger partial charge in [0.15, 0.2) is 5.96 Å². The number of halogens is 1. The maximum absolute atomic E-state index is 6.00. The Labute approximate surface area is 101 Å². The van der Waals surface area contributed by atoms with Crippen molar-refractivity contribution in [2.45, 2.75) is 25.9 Å². The standard InChI is InChI=1S/C12H16ClN3/c1-8(2)16-11(7-15-12(16)14)9-4-3-5-10(13)6-9/h3-6,8,11H,7H2,1-2H3,(H2,14,15). The average molecular weight is 238 g/mol. The molecule has 4 heteroatoms. The lowest BCUT2D eigenvalue weighted by Gasteiger charge is -2.30. The molecule has 0 aliphatic carbocycles. The van der Waals surface area contributed by atoms with Gasteiger partial charge in [0.2, 0.25) is 0 Å². The predicted molar refractivity (Wildman–Crippen MR) is 67.7 cm³/mol. The third-order valence-electron chi connectivity index (χ3n) is 2.82. The first-order valence-corrected chi connectivity index (χ1v) is 5.81. The monoisotopic (exact) mass is 237 g/mol. The van der Waals surface area contributed by atoms with Crippen molar-refractivity contribution in [3.63, 3.8) is 0 Å². The Kier molecular flexibility index (Phi) is 3.06. The molecule has 1 atom stereocenters. The van der Waals surface area contributed by atoms with Crippen molar-refractivity contribution in [1.82, 2.24) is 4.90 Å². The van der Waals surface area contributed by atoms with Crippen LogP contribution in [0.15, 0.2) is 29.3 Å². The lowest BCUT2D eigenvalue weighted by atomic mass is 10.1. The van der Waals surface area contributed by atoms with E-state index in [9.17, 15) is 0 Å². The minimum atomic E-state index is 0.221. The van der Waals surface area contributed by atoms with E-state index in [1.807, 2.05) is 18.2 Å². The van der Waals surface area contributed by atoms with E-state index in [1.54, 1.807) is 0 Å². The molecule has 0 aromatic heterocycles. The zero-order valence-corrected chi connectivity index (χ0v) is 10.3. The summed E-state index contributed by atoms with van der Waals surface area (Å²) in [5.74, 6) is 0.625. The predicted octanol–water partition coefficient (Wildman–Crippen LogP) is 2.42. The Morgan fingerprint density at radius 1 is 1.50 bits per heavy atom. The number of hydrogen-bond donors (Lipinski definition) is 1. The Balaban J connectivity index is 2.29. The summed E-state index contributed by atoms with van der Waals surface area (Å²) in [5, 5.41) is 0.756. The molecule has 3 nitrogen and oxygen atoms in total. The molecule has 2 N–H and O–H groups in total. The summed E-state index contributed by atoms with van der Waals surface area (Å²) in [6.45, 7) is 4.95. The molecule has 2 rings (SSSR count). The number of aliphatic imine (C=N–C) groups is 1. The van der Waals surface area contributed by atoms with Crippen LogP contribution >= 0.6 is 11.6 Å². The second kappa shape index (κ2) is 4.34. The molecule has 1 unspecified atom stereocenters. The topological polar surface area (TPSA) is 41.6 Å². The van der Waals surface area contributed by atoms with Gasteiger partial charge >= 0.3 is 0 Å². The Morgan fingerprint density at radius 2 is 2.25 bits per heavy atom. The van der Waals surface area contributed by atoms with E-state index in [2.05, 4.69) is 29.8 Å². The number of guanidine groups is 1. The second-order valence-electron chi connectivity index (χ2n) is 4.27. The van der Waals surface area contributed by atoms with Crippen molar-refractivity contribution < 1.29 is 0 Å². The van der Waals surface area contributed by atoms with Crippen LogP contribution in [-0.2, 0) is 0 Å². The van der Waals surface area contributed by atoms with Gasteiger partial charge < -0.3 is 10.6 Å². The SMILES string of the molecule is CC(C)N1C(N)=NCC1c1cccc(Cl)c1. The van der Waals surface area contributed by atoms with Crippen molar-refractivity contribution in [1.29, 1.82) is 0 Å². The maximum atomic E-state index is 6.00. The molecule has 1 heterocycles. The van der Waals surface area contributed by atoms with Crippen LogP contribution in [0.25, 0.3) is 0 Å². The number of rotatable bonds is 2. The molecule has 16 heavy (non-hydrogen) atoms. The van der Waals surface area contributed by atoms with Gasteiger partial charge in [0, 0.05) is 11.1 Å². The van der Waals surface area contributed by atoms with Gasteiger partial charge in [-0.1, -0.05) is 23.7 Å². The van der Waals surface area contributed by atoms with Crippen LogP contribution in [0.1, 0.15) is 25.5 Å². The lowest BCUT2D eigenvalue weighted by molar-refractivity contribution is 0.290. The van der Waals surface area contributed by atoms with E-state index in [1.165, 1.54) is 5.56 Å². The van der Waals surface area contributed by atoms with Crippen molar-refractivity contribution in [2.75, 3.05) is 6.54 Å². The molecule has 0 radical (unpaired) electrons. The Morgan fingerprint density at radius 3 is 2.88 bits per heavy atom. The van der Waals surface area contributed by atoms with Gasteiger partial charge in [-0.15, -0.1) is 0 Å². The highest BCUT2D eigenvalue weighted by molar-refractivity contribution is 6.30. The summed E-state index contributed by atoms with van der Waals surface area (Å²) in [6, 6.07) is 8.46. The van der Waals surface area contributed by atoms with Crippen molar-refractivity contribution in [3.8, 4) is 0 Å². The number of nitrogens with zero attached hydrogens (tertiary/aromatic N) is 2. The Bertz CT molecular complexity index is 414. The van der Waals surface area contributed by atoms with Gasteiger partial charge in [0.1, 0.15) is 0 Å². The van der Waals surface area contributed by atoms with Gasteiger partial charge in [-0.25, -0.2) is 0 Å². The van der Waals surface area contributed by atoms with E-state index in [4.69, 9.17) is 17.3 Å². The smallest absolute Gasteiger partial charge is 0.192 e. The summed E-state index contributed by atoms with van der Waals surface area (Å²) < 4.78 is 0. The summed E-state index contributed by atoms with van der Waals surface area (Å²) in [4.78, 5) is 6.43. The van der Waals surface area contributed by atoms with Crippen molar-refractivity contribution >= 4 is 17.6 Å². The molecule has 1 aromatic carbocycles. The third kappa shape index (κ3) is 2.00. The molecule has 0 saturated carbocycles. The fraction of sp³-hybridized carbons (Fsp3) is 0.417. The molecule has 0 amide bonds. The van der Waals surface area contributed by atoms with Gasteiger partial charge in [0.25, 0.3) is 0 Å². The first-order chi connectivity index (χ1) is 7.59. The molecule has 0 saturated heterocycles. The number of benzene rings is 1. The third-order valence-corrected chi connectivity index (χ3v) is 3.05. The Hall–Kier alpha value is -1.22. The van der Waals surface area contributed by atoms with Gasteiger partial charge in [-0.3, -0.25) is 4.99 Å². The van der Waals surface area contributed by atoms with E-state index in [0.717, 1.165) is 5.02 Å². The molecule has 1 aliphatic rings. The first-order valence-electron chi connectivity index (χ1n) is 5.43. The van der Waals surface area contributed by atoms with E-state index >= 15 is 0 Å². The van der Waals surface area contributed by atoms with E-state index in [0.29, 0.717) is 18.5 Å². The summed E-state index contributed by atoms with van der Waals surface area (Å²) in [6.07, 6.45) is 0. The zero-order chi connectivity index (χ0) is 11.7. The lowest BCUT2D eigenvalue weighted by Crippen LogP contribution is -2.40. The first kappa shape index (κ1) is 11.3. The number of nitrogens with two attached hydrogens (primary N) is 1. The molecule has 86 valence electrons. The van der Waals surface area contributed by atoms with Crippen LogP contribution in [-0.4, -0.2) is 23.4 Å². The van der Waals surface area contributed by atoms with Crippen LogP contribution in [0.5, 0.6) is 0 Å². The molecular formula is C12H16ClN3. The fourth-order valence-electron chi connectivity index (χ4n) is 2.11. The minimum absolute atomic E-state index is 0.221. The maximum Gasteiger partial charge on any atom is 0.192 e. The largest absolute Gasteiger partial charge is 0.370 e. The summed E-state index contributed by atoms with van der Waals surface area (Å²) in [7, 11) is 0. The van der Waals surface area contributed by atoms with Crippen LogP contribution in [0.2, 0.25) is 5.02 Å². The van der Waals surface area contributed by atoms with Gasteiger partial charge in [-0.2, -0.15) is 0 Å². The summed E-state index contributed by atoms with van der Waals surface area (Å²) in [5.41, 5.74) is 7.06. The van der Waals surface area contributed by atoms with Gasteiger partial charge in [-0.05, 0) is 31.5 Å². The number of hydrogen-bond acceptors (Lipinski definition) is 3. The highest BCUT2D eigenvalue weighted by Gasteiger charge is 2.29. The van der Waals surface area contributed by atoms with Crippen molar-refractivity contribution in [3.05, 3.63) is 34.9 Å². The highest BCUT2D eigenvalue weighted by atomic mass is 35.5. The van der Waals surface area contributed by atoms with E-state index < -0.39 is 0 Å². The zero-order valence-electron chi connectivity index (χ0n) is 9.52.